The molecule has 0 bridgehead atoms. The molecule has 6 nitrogen and oxygen atoms in total. The molecule has 3 rings (SSSR count). The van der Waals surface area contributed by atoms with Gasteiger partial charge in [-0.2, -0.15) is 4.31 Å². The molecule has 0 unspecified atom stereocenters. The van der Waals surface area contributed by atoms with Gasteiger partial charge in [-0.25, -0.2) is 22.2 Å². The first kappa shape index (κ1) is 15.8. The van der Waals surface area contributed by atoms with Gasteiger partial charge < -0.3 is 4.90 Å². The number of nitrogens with zero attached hydrogens (tertiary/aromatic N) is 4. The van der Waals surface area contributed by atoms with Crippen LogP contribution in [0.15, 0.2) is 41.7 Å². The van der Waals surface area contributed by atoms with Crippen LogP contribution in [0, 0.1) is 11.6 Å². The third kappa shape index (κ3) is 3.02. The van der Waals surface area contributed by atoms with E-state index in [4.69, 9.17) is 0 Å². The Morgan fingerprint density at radius 1 is 1.00 bits per heavy atom. The number of hydrogen-bond donors (Lipinski definition) is 0. The average molecular weight is 340 g/mol. The lowest BCUT2D eigenvalue weighted by atomic mass is 10.3. The van der Waals surface area contributed by atoms with Crippen molar-refractivity contribution < 1.29 is 17.2 Å². The molecule has 1 aliphatic rings. The van der Waals surface area contributed by atoms with E-state index < -0.39 is 26.6 Å². The van der Waals surface area contributed by atoms with Crippen LogP contribution in [0.2, 0.25) is 0 Å². The summed E-state index contributed by atoms with van der Waals surface area (Å²) in [5, 5.41) is 0. The molecular formula is C14H14F2N4O2S. The molecule has 0 atom stereocenters. The zero-order chi connectivity index (χ0) is 16.4. The molecule has 0 spiro atoms. The van der Waals surface area contributed by atoms with E-state index in [1.54, 1.807) is 18.6 Å². The molecule has 0 N–H and O–H groups in total. The quantitative estimate of drug-likeness (QED) is 0.842. The normalized spacial score (nSPS) is 16.5. The van der Waals surface area contributed by atoms with E-state index in [0.29, 0.717) is 18.9 Å². The van der Waals surface area contributed by atoms with Crippen LogP contribution in [0.5, 0.6) is 0 Å². The number of benzene rings is 1. The molecular weight excluding hydrogens is 326 g/mol. The highest BCUT2D eigenvalue weighted by Gasteiger charge is 2.33. The van der Waals surface area contributed by atoms with Crippen LogP contribution in [0.4, 0.5) is 14.6 Å². The van der Waals surface area contributed by atoms with Crippen LogP contribution in [0.3, 0.4) is 0 Å². The topological polar surface area (TPSA) is 66.4 Å². The van der Waals surface area contributed by atoms with Gasteiger partial charge in [0.2, 0.25) is 10.0 Å². The summed E-state index contributed by atoms with van der Waals surface area (Å²) in [6, 6.07) is 3.01. The molecule has 0 aliphatic carbocycles. The molecule has 0 amide bonds. The summed E-state index contributed by atoms with van der Waals surface area (Å²) in [6.45, 7) is 0.974. The van der Waals surface area contributed by atoms with E-state index in [1.807, 2.05) is 4.90 Å². The lowest BCUT2D eigenvalue weighted by Crippen LogP contribution is -2.49. The Morgan fingerprint density at radius 3 is 2.22 bits per heavy atom. The number of piperazine rings is 1. The summed E-state index contributed by atoms with van der Waals surface area (Å²) in [5.41, 5.74) is 0. The second-order valence-electron chi connectivity index (χ2n) is 5.01. The van der Waals surface area contributed by atoms with Crippen molar-refractivity contribution in [3.63, 3.8) is 0 Å². The Hall–Kier alpha value is -2.13. The number of hydrogen-bond acceptors (Lipinski definition) is 5. The SMILES string of the molecule is O=S(=O)(c1c(F)cccc1F)N1CCN(c2cnccn2)CC1. The van der Waals surface area contributed by atoms with Gasteiger partial charge in [-0.15, -0.1) is 0 Å². The highest BCUT2D eigenvalue weighted by molar-refractivity contribution is 7.89. The Bertz CT molecular complexity index is 773. The van der Waals surface area contributed by atoms with Gasteiger partial charge in [0, 0.05) is 38.6 Å². The third-order valence-electron chi connectivity index (χ3n) is 3.63. The van der Waals surface area contributed by atoms with E-state index in [2.05, 4.69) is 9.97 Å². The molecule has 1 fully saturated rings. The van der Waals surface area contributed by atoms with Crippen molar-refractivity contribution in [2.45, 2.75) is 4.90 Å². The van der Waals surface area contributed by atoms with E-state index >= 15 is 0 Å². The van der Waals surface area contributed by atoms with E-state index in [0.717, 1.165) is 22.5 Å². The van der Waals surface area contributed by atoms with Crippen molar-refractivity contribution in [1.29, 1.82) is 0 Å². The second-order valence-corrected chi connectivity index (χ2v) is 6.88. The first-order chi connectivity index (χ1) is 11.0. The van der Waals surface area contributed by atoms with Crippen molar-refractivity contribution in [1.82, 2.24) is 14.3 Å². The van der Waals surface area contributed by atoms with E-state index in [9.17, 15) is 17.2 Å². The van der Waals surface area contributed by atoms with Crippen LogP contribution in [0.1, 0.15) is 0 Å². The number of rotatable bonds is 3. The molecule has 2 heterocycles. The van der Waals surface area contributed by atoms with Gasteiger partial charge in [-0.3, -0.25) is 4.98 Å². The van der Waals surface area contributed by atoms with Gasteiger partial charge in [0.1, 0.15) is 17.5 Å². The van der Waals surface area contributed by atoms with Gasteiger partial charge in [-0.1, -0.05) is 6.07 Å². The number of aromatic nitrogens is 2. The fourth-order valence-corrected chi connectivity index (χ4v) is 4.00. The largest absolute Gasteiger partial charge is 0.353 e. The summed E-state index contributed by atoms with van der Waals surface area (Å²) in [7, 11) is -4.21. The summed E-state index contributed by atoms with van der Waals surface area (Å²) in [6.07, 6.45) is 4.68. The summed E-state index contributed by atoms with van der Waals surface area (Å²) < 4.78 is 53.6. The molecule has 0 radical (unpaired) electrons. The minimum Gasteiger partial charge on any atom is -0.353 e. The van der Waals surface area contributed by atoms with Crippen molar-refractivity contribution in [3.8, 4) is 0 Å². The fraction of sp³-hybridized carbons (Fsp3) is 0.286. The predicted octanol–water partition coefficient (Wildman–Crippen LogP) is 1.27. The minimum atomic E-state index is -4.21. The van der Waals surface area contributed by atoms with Crippen LogP contribution in [-0.4, -0.2) is 48.9 Å². The third-order valence-corrected chi connectivity index (χ3v) is 5.58. The monoisotopic (exact) mass is 340 g/mol. The van der Waals surface area contributed by atoms with Crippen LogP contribution in [-0.2, 0) is 10.0 Å². The molecule has 9 heteroatoms. The standard InChI is InChI=1S/C14H14F2N4O2S/c15-11-2-1-3-12(16)14(11)23(21,22)20-8-6-19(7-9-20)13-10-17-4-5-18-13/h1-5,10H,6-9H2. The van der Waals surface area contributed by atoms with Gasteiger partial charge in [-0.05, 0) is 12.1 Å². The molecule has 122 valence electrons. The van der Waals surface area contributed by atoms with E-state index in [-0.39, 0.29) is 13.1 Å². The number of anilines is 1. The highest BCUT2D eigenvalue weighted by Crippen LogP contribution is 2.24. The molecule has 2 aromatic rings. The number of sulfonamides is 1. The molecule has 23 heavy (non-hydrogen) atoms. The smallest absolute Gasteiger partial charge is 0.249 e. The first-order valence-electron chi connectivity index (χ1n) is 6.95. The van der Waals surface area contributed by atoms with Crippen molar-refractivity contribution in [2.24, 2.45) is 0 Å². The van der Waals surface area contributed by atoms with Crippen LogP contribution in [0.25, 0.3) is 0 Å². The summed E-state index contributed by atoms with van der Waals surface area (Å²) >= 11 is 0. The highest BCUT2D eigenvalue weighted by atomic mass is 32.2. The van der Waals surface area contributed by atoms with Crippen LogP contribution < -0.4 is 4.90 Å². The molecule has 1 aromatic carbocycles. The molecule has 1 saturated heterocycles. The lowest BCUT2D eigenvalue weighted by molar-refractivity contribution is 0.377. The average Bonchev–Trinajstić information content (AvgIpc) is 2.55. The molecule has 1 aliphatic heterocycles. The lowest BCUT2D eigenvalue weighted by Gasteiger charge is -2.34. The fourth-order valence-electron chi connectivity index (χ4n) is 2.47. The van der Waals surface area contributed by atoms with Gasteiger partial charge in [0.25, 0.3) is 0 Å². The van der Waals surface area contributed by atoms with Gasteiger partial charge in [0.05, 0.1) is 6.20 Å². The Balaban J connectivity index is 1.79. The van der Waals surface area contributed by atoms with E-state index in [1.165, 1.54) is 0 Å². The van der Waals surface area contributed by atoms with Crippen molar-refractivity contribution in [3.05, 3.63) is 48.4 Å². The molecule has 0 saturated carbocycles. The maximum atomic E-state index is 13.8. The zero-order valence-electron chi connectivity index (χ0n) is 12.1. The number of halogens is 2. The van der Waals surface area contributed by atoms with Crippen molar-refractivity contribution in [2.75, 3.05) is 31.1 Å². The first-order valence-corrected chi connectivity index (χ1v) is 8.39. The summed E-state index contributed by atoms with van der Waals surface area (Å²) in [4.78, 5) is 9.09. The van der Waals surface area contributed by atoms with Crippen molar-refractivity contribution >= 4 is 15.8 Å². The maximum Gasteiger partial charge on any atom is 0.249 e. The maximum absolute atomic E-state index is 13.8. The summed E-state index contributed by atoms with van der Waals surface area (Å²) in [5.74, 6) is -1.52. The Morgan fingerprint density at radius 2 is 1.65 bits per heavy atom. The van der Waals surface area contributed by atoms with Crippen LogP contribution >= 0.6 is 0 Å². The zero-order valence-corrected chi connectivity index (χ0v) is 12.9. The van der Waals surface area contributed by atoms with Gasteiger partial charge >= 0.3 is 0 Å². The predicted molar refractivity (Wildman–Crippen MR) is 79.4 cm³/mol. The second kappa shape index (κ2) is 6.17. The minimum absolute atomic E-state index is 0.118. The Labute approximate surface area is 132 Å². The Kier molecular flexibility index (Phi) is 4.22. The van der Waals surface area contributed by atoms with Gasteiger partial charge in [0.15, 0.2) is 4.90 Å². The molecule has 1 aromatic heterocycles.